The largest absolute Gasteiger partial charge is 0.460 e. The molecule has 0 amide bonds. The fourth-order valence-electron chi connectivity index (χ4n) is 1.40. The molecule has 2 unspecified atom stereocenters. The van der Waals surface area contributed by atoms with Crippen molar-refractivity contribution >= 4 is 11.8 Å². The lowest BCUT2D eigenvalue weighted by molar-refractivity contribution is -0.358. The van der Waals surface area contributed by atoms with Gasteiger partial charge in [0.25, 0.3) is 0 Å². The number of halogens is 6. The fraction of sp³-hybridized carbons (Fsp3) is 0.692. The van der Waals surface area contributed by atoms with Crippen molar-refractivity contribution in [2.24, 2.45) is 5.92 Å². The molecule has 0 aromatic rings. The molecule has 0 heterocycles. The van der Waals surface area contributed by atoms with Crippen molar-refractivity contribution in [2.75, 3.05) is 0 Å². The number of rotatable bonds is 6. The first-order valence-corrected chi connectivity index (χ1v) is 6.31. The summed E-state index contributed by atoms with van der Waals surface area (Å²) in [5.41, 5.74) is -5.50. The number of carbonyl (C=O) groups is 2. The van der Waals surface area contributed by atoms with Crippen LogP contribution in [0, 0.1) is 5.92 Å². The SMILES string of the molecule is C=C(C)C(=O)CC(C)C(C)OC(=O)C(O)(C(F)(F)F)C(F)(F)F. The number of hydrogen-bond donors (Lipinski definition) is 1. The minimum atomic E-state index is -6.31. The Morgan fingerprint density at radius 1 is 1.09 bits per heavy atom. The van der Waals surface area contributed by atoms with Gasteiger partial charge in [0.15, 0.2) is 5.78 Å². The van der Waals surface area contributed by atoms with Crippen LogP contribution in [0.25, 0.3) is 0 Å². The van der Waals surface area contributed by atoms with Crippen LogP contribution in [0.2, 0.25) is 0 Å². The van der Waals surface area contributed by atoms with E-state index in [1.165, 1.54) is 13.8 Å². The highest BCUT2D eigenvalue weighted by atomic mass is 19.4. The van der Waals surface area contributed by atoms with Gasteiger partial charge in [0.2, 0.25) is 0 Å². The van der Waals surface area contributed by atoms with E-state index >= 15 is 0 Å². The van der Waals surface area contributed by atoms with Gasteiger partial charge in [-0.25, -0.2) is 4.79 Å². The highest BCUT2D eigenvalue weighted by Crippen LogP contribution is 2.44. The van der Waals surface area contributed by atoms with Crippen LogP contribution in [0.5, 0.6) is 0 Å². The van der Waals surface area contributed by atoms with E-state index in [0.717, 1.165) is 6.92 Å². The molecule has 0 rings (SSSR count). The molecule has 1 N–H and O–H groups in total. The molecule has 0 aliphatic rings. The maximum atomic E-state index is 12.5. The lowest BCUT2D eigenvalue weighted by Crippen LogP contribution is -2.63. The molecule has 4 nitrogen and oxygen atoms in total. The molecule has 10 heteroatoms. The molecule has 0 aliphatic carbocycles. The van der Waals surface area contributed by atoms with Crippen LogP contribution in [0.15, 0.2) is 12.2 Å². The van der Waals surface area contributed by atoms with Gasteiger partial charge in [-0.15, -0.1) is 0 Å². The van der Waals surface area contributed by atoms with Crippen LogP contribution in [-0.2, 0) is 14.3 Å². The third-order valence-electron chi connectivity index (χ3n) is 3.19. The van der Waals surface area contributed by atoms with Gasteiger partial charge < -0.3 is 9.84 Å². The summed E-state index contributed by atoms with van der Waals surface area (Å²) in [7, 11) is 0. The molecular formula is C13H16F6O4. The van der Waals surface area contributed by atoms with Crippen molar-refractivity contribution in [3.05, 3.63) is 12.2 Å². The predicted octanol–water partition coefficient (Wildman–Crippen LogP) is 2.95. The van der Waals surface area contributed by atoms with Crippen molar-refractivity contribution in [3.63, 3.8) is 0 Å². The number of Topliss-reactive ketones (excluding diaryl/α,β-unsaturated/α-hetero) is 1. The first-order valence-electron chi connectivity index (χ1n) is 6.31. The molecule has 0 aliphatic heterocycles. The third kappa shape index (κ3) is 4.69. The molecule has 0 aromatic carbocycles. The minimum Gasteiger partial charge on any atom is -0.460 e. The number of carbonyl (C=O) groups excluding carboxylic acids is 2. The van der Waals surface area contributed by atoms with Crippen LogP contribution in [-0.4, -0.2) is 40.9 Å². The molecule has 0 fully saturated rings. The molecule has 0 aromatic heterocycles. The van der Waals surface area contributed by atoms with Crippen molar-refractivity contribution in [3.8, 4) is 0 Å². The fourth-order valence-corrected chi connectivity index (χ4v) is 1.40. The second-order valence-electron chi connectivity index (χ2n) is 5.20. The summed E-state index contributed by atoms with van der Waals surface area (Å²) in [5.74, 6) is -4.25. The number of ketones is 1. The Morgan fingerprint density at radius 2 is 1.48 bits per heavy atom. The zero-order valence-electron chi connectivity index (χ0n) is 12.5. The smallest absolute Gasteiger partial charge is 0.437 e. The van der Waals surface area contributed by atoms with Gasteiger partial charge in [-0.3, -0.25) is 4.79 Å². The second-order valence-corrected chi connectivity index (χ2v) is 5.20. The lowest BCUT2D eigenvalue weighted by atomic mass is 9.96. The molecule has 0 saturated heterocycles. The maximum absolute atomic E-state index is 12.5. The Morgan fingerprint density at radius 3 is 1.78 bits per heavy atom. The maximum Gasteiger partial charge on any atom is 0.437 e. The Labute approximate surface area is 128 Å². The van der Waals surface area contributed by atoms with Crippen LogP contribution in [0.4, 0.5) is 26.3 Å². The summed E-state index contributed by atoms with van der Waals surface area (Å²) in [6.07, 6.45) is -14.4. The van der Waals surface area contributed by atoms with Gasteiger partial charge in [-0.1, -0.05) is 13.5 Å². The number of esters is 1. The Balaban J connectivity index is 5.23. The zero-order valence-corrected chi connectivity index (χ0v) is 12.5. The highest BCUT2D eigenvalue weighted by molar-refractivity contribution is 5.94. The predicted molar refractivity (Wildman–Crippen MR) is 66.2 cm³/mol. The average molecular weight is 350 g/mol. The van der Waals surface area contributed by atoms with Crippen molar-refractivity contribution < 1.29 is 45.8 Å². The lowest BCUT2D eigenvalue weighted by Gasteiger charge is -2.31. The molecule has 0 saturated carbocycles. The number of allylic oxidation sites excluding steroid dienone is 1. The summed E-state index contributed by atoms with van der Waals surface area (Å²) < 4.78 is 79.0. The minimum absolute atomic E-state index is 0.137. The standard InChI is InChI=1S/C13H16F6O4/c1-6(2)9(20)5-7(3)8(4)23-10(21)11(22,12(14,15)16)13(17,18)19/h7-8,22H,1,5H2,2-4H3. The van der Waals surface area contributed by atoms with Crippen LogP contribution >= 0.6 is 0 Å². The van der Waals surface area contributed by atoms with Crippen molar-refractivity contribution in [1.82, 2.24) is 0 Å². The number of ether oxygens (including phenoxy) is 1. The Bertz CT molecular complexity index is 466. The first-order chi connectivity index (χ1) is 10.1. The van der Waals surface area contributed by atoms with E-state index in [0.29, 0.717) is 0 Å². The van der Waals surface area contributed by atoms with Gasteiger partial charge >= 0.3 is 23.9 Å². The zero-order chi connectivity index (χ0) is 18.8. The average Bonchev–Trinajstić information content (AvgIpc) is 2.34. The summed E-state index contributed by atoms with van der Waals surface area (Å²) in [4.78, 5) is 22.7. The number of alkyl halides is 6. The van der Waals surface area contributed by atoms with E-state index in [2.05, 4.69) is 11.3 Å². The van der Waals surface area contributed by atoms with Gasteiger partial charge in [0.05, 0.1) is 0 Å². The Kier molecular flexibility index (Phi) is 6.42. The van der Waals surface area contributed by atoms with E-state index in [1.807, 2.05) is 0 Å². The van der Waals surface area contributed by atoms with E-state index in [9.17, 15) is 35.9 Å². The molecule has 23 heavy (non-hydrogen) atoms. The monoisotopic (exact) mass is 350 g/mol. The second kappa shape index (κ2) is 6.90. The highest BCUT2D eigenvalue weighted by Gasteiger charge is 2.76. The first kappa shape index (κ1) is 21.4. The third-order valence-corrected chi connectivity index (χ3v) is 3.19. The van der Waals surface area contributed by atoms with Crippen LogP contribution in [0.1, 0.15) is 27.2 Å². The van der Waals surface area contributed by atoms with Gasteiger partial charge in [0.1, 0.15) is 6.10 Å². The Hall–Kier alpha value is -1.58. The summed E-state index contributed by atoms with van der Waals surface area (Å²) in [6, 6.07) is 0. The van der Waals surface area contributed by atoms with Crippen LogP contribution < -0.4 is 0 Å². The summed E-state index contributed by atoms with van der Waals surface area (Å²) in [6.45, 7) is 7.02. The van der Waals surface area contributed by atoms with E-state index < -0.39 is 41.7 Å². The topological polar surface area (TPSA) is 63.6 Å². The van der Waals surface area contributed by atoms with Crippen molar-refractivity contribution in [2.45, 2.75) is 51.2 Å². The van der Waals surface area contributed by atoms with Gasteiger partial charge in [0, 0.05) is 12.3 Å². The van der Waals surface area contributed by atoms with E-state index in [1.54, 1.807) is 0 Å². The molecule has 134 valence electrons. The molecule has 0 radical (unpaired) electrons. The van der Waals surface area contributed by atoms with E-state index in [-0.39, 0.29) is 12.0 Å². The number of aliphatic hydroxyl groups is 1. The van der Waals surface area contributed by atoms with Gasteiger partial charge in [-0.05, 0) is 19.4 Å². The van der Waals surface area contributed by atoms with Gasteiger partial charge in [-0.2, -0.15) is 26.3 Å². The summed E-state index contributed by atoms with van der Waals surface area (Å²) in [5, 5.41) is 8.85. The van der Waals surface area contributed by atoms with Crippen LogP contribution in [0.3, 0.4) is 0 Å². The van der Waals surface area contributed by atoms with E-state index in [4.69, 9.17) is 5.11 Å². The molecule has 2 atom stereocenters. The normalized spacial score (nSPS) is 15.7. The van der Waals surface area contributed by atoms with Crippen molar-refractivity contribution in [1.29, 1.82) is 0 Å². The quantitative estimate of drug-likeness (QED) is 0.455. The molecular weight excluding hydrogens is 334 g/mol. The molecule has 0 spiro atoms. The number of hydrogen-bond acceptors (Lipinski definition) is 4. The molecule has 0 bridgehead atoms. The summed E-state index contributed by atoms with van der Waals surface area (Å²) >= 11 is 0.